The Balaban J connectivity index is 1.60. The van der Waals surface area contributed by atoms with Crippen molar-refractivity contribution in [2.45, 2.75) is 46.5 Å². The summed E-state index contributed by atoms with van der Waals surface area (Å²) in [5.74, 6) is 0.212. The molecule has 0 saturated carbocycles. The number of morpholine rings is 1. The second-order valence-corrected chi connectivity index (χ2v) is 9.06. The molecule has 1 saturated heterocycles. The van der Waals surface area contributed by atoms with E-state index in [1.165, 1.54) is 5.56 Å². The molecule has 0 spiro atoms. The first-order valence-corrected chi connectivity index (χ1v) is 11.9. The van der Waals surface area contributed by atoms with E-state index in [0.29, 0.717) is 37.7 Å². The predicted octanol–water partition coefficient (Wildman–Crippen LogP) is 3.66. The van der Waals surface area contributed by atoms with Crippen molar-refractivity contribution >= 4 is 22.5 Å². The third-order valence-electron chi connectivity index (χ3n) is 6.45. The van der Waals surface area contributed by atoms with Gasteiger partial charge in [0.15, 0.2) is 0 Å². The molecule has 0 atom stereocenters. The van der Waals surface area contributed by atoms with Crippen LogP contribution in [0.2, 0.25) is 0 Å². The van der Waals surface area contributed by atoms with Gasteiger partial charge in [-0.2, -0.15) is 0 Å². The van der Waals surface area contributed by atoms with Gasteiger partial charge < -0.3 is 24.9 Å². The Morgan fingerprint density at radius 3 is 2.67 bits per heavy atom. The van der Waals surface area contributed by atoms with Crippen LogP contribution in [0.15, 0.2) is 29.2 Å². The normalized spacial score (nSPS) is 14.3. The van der Waals surface area contributed by atoms with Crippen LogP contribution in [0, 0.1) is 6.92 Å². The molecule has 2 aromatic heterocycles. The molecule has 3 N–H and O–H groups in total. The third kappa shape index (κ3) is 4.83. The van der Waals surface area contributed by atoms with Crippen molar-refractivity contribution in [1.29, 1.82) is 0 Å². The van der Waals surface area contributed by atoms with Crippen LogP contribution in [0.5, 0.6) is 0 Å². The summed E-state index contributed by atoms with van der Waals surface area (Å²) in [6.07, 6.45) is 3.30. The highest BCUT2D eigenvalue weighted by Gasteiger charge is 2.20. The lowest BCUT2D eigenvalue weighted by atomic mass is 9.99. The second kappa shape index (κ2) is 9.83. The highest BCUT2D eigenvalue weighted by Crippen LogP contribution is 2.32. The number of carbonyl (C=O) groups is 1. The Hall–Kier alpha value is -3.06. The molecule has 1 aliphatic rings. The van der Waals surface area contributed by atoms with Gasteiger partial charge in [-0.3, -0.25) is 9.59 Å². The Morgan fingerprint density at radius 1 is 1.21 bits per heavy atom. The van der Waals surface area contributed by atoms with Crippen molar-refractivity contribution < 1.29 is 9.53 Å². The maximum Gasteiger partial charge on any atom is 0.253 e. The molecule has 1 fully saturated rings. The van der Waals surface area contributed by atoms with Crippen LogP contribution in [0.25, 0.3) is 10.9 Å². The Labute approximate surface area is 194 Å². The number of carbonyl (C=O) groups excluding carboxylic acids is 1. The quantitative estimate of drug-likeness (QED) is 0.512. The fourth-order valence-corrected chi connectivity index (χ4v) is 4.67. The lowest BCUT2D eigenvalue weighted by molar-refractivity contribution is 0.0955. The van der Waals surface area contributed by atoms with Gasteiger partial charge in [0.1, 0.15) is 0 Å². The summed E-state index contributed by atoms with van der Waals surface area (Å²) in [6, 6.07) is 6.17. The summed E-state index contributed by atoms with van der Waals surface area (Å²) < 4.78 is 5.51. The molecule has 0 radical (unpaired) electrons. The average Bonchev–Trinajstić information content (AvgIpc) is 3.24. The van der Waals surface area contributed by atoms with Crippen molar-refractivity contribution in [2.24, 2.45) is 0 Å². The smallest absolute Gasteiger partial charge is 0.253 e. The zero-order valence-corrected chi connectivity index (χ0v) is 20.0. The van der Waals surface area contributed by atoms with E-state index in [2.05, 4.69) is 40.1 Å². The number of H-pyrrole nitrogens is 2. The second-order valence-electron chi connectivity index (χ2n) is 9.06. The van der Waals surface area contributed by atoms with Gasteiger partial charge in [-0.05, 0) is 55.0 Å². The van der Waals surface area contributed by atoms with Crippen LogP contribution in [0.1, 0.15) is 59.4 Å². The molecule has 4 rings (SSSR count). The van der Waals surface area contributed by atoms with Crippen molar-refractivity contribution in [3.8, 4) is 0 Å². The summed E-state index contributed by atoms with van der Waals surface area (Å²) in [6.45, 7) is 11.7. The van der Waals surface area contributed by atoms with Gasteiger partial charge >= 0.3 is 0 Å². The van der Waals surface area contributed by atoms with Gasteiger partial charge in [0.25, 0.3) is 11.5 Å². The van der Waals surface area contributed by atoms with Crippen LogP contribution in [-0.4, -0.2) is 48.7 Å². The number of aryl methyl sites for hydroxylation is 2. The molecular formula is C26H34N4O3. The molecule has 176 valence electrons. The number of nitrogens with zero attached hydrogens (tertiary/aromatic N) is 1. The molecule has 3 heterocycles. The van der Waals surface area contributed by atoms with E-state index in [1.54, 1.807) is 0 Å². The number of hydrogen-bond acceptors (Lipinski definition) is 4. The SMILES string of the molecule is CCc1cc(C)[nH]c(=O)c1CCNC(=O)c1cc(N2CCOCC2)cc2c(C(C)C)c[nH]c12. The molecule has 0 aliphatic carbocycles. The molecule has 3 aromatic rings. The number of pyridine rings is 1. The molecule has 1 amide bonds. The molecule has 7 heteroatoms. The molecular weight excluding hydrogens is 416 g/mol. The van der Waals surface area contributed by atoms with Gasteiger partial charge in [-0.25, -0.2) is 0 Å². The van der Waals surface area contributed by atoms with Gasteiger partial charge in [0.2, 0.25) is 0 Å². The topological polar surface area (TPSA) is 90.2 Å². The number of aromatic amines is 2. The summed E-state index contributed by atoms with van der Waals surface area (Å²) in [5, 5.41) is 4.13. The maximum atomic E-state index is 13.3. The lowest BCUT2D eigenvalue weighted by Crippen LogP contribution is -2.36. The van der Waals surface area contributed by atoms with Crippen LogP contribution in [0.3, 0.4) is 0 Å². The summed E-state index contributed by atoms with van der Waals surface area (Å²) in [5.41, 5.74) is 6.31. The number of ether oxygens (including phenoxy) is 1. The van der Waals surface area contributed by atoms with Crippen LogP contribution in [-0.2, 0) is 17.6 Å². The van der Waals surface area contributed by atoms with Crippen LogP contribution >= 0.6 is 0 Å². The minimum Gasteiger partial charge on any atom is -0.378 e. The summed E-state index contributed by atoms with van der Waals surface area (Å²) >= 11 is 0. The molecule has 1 aromatic carbocycles. The minimum atomic E-state index is -0.131. The van der Waals surface area contributed by atoms with Gasteiger partial charge in [-0.15, -0.1) is 0 Å². The van der Waals surface area contributed by atoms with Gasteiger partial charge in [0, 0.05) is 48.2 Å². The first-order chi connectivity index (χ1) is 15.9. The molecule has 33 heavy (non-hydrogen) atoms. The monoisotopic (exact) mass is 450 g/mol. The molecule has 1 aliphatic heterocycles. The first kappa shape index (κ1) is 23.1. The number of hydrogen-bond donors (Lipinski definition) is 3. The van der Waals surface area contributed by atoms with Crippen molar-refractivity contribution in [2.75, 3.05) is 37.7 Å². The predicted molar refractivity (Wildman–Crippen MR) is 133 cm³/mol. The van der Waals surface area contributed by atoms with Crippen LogP contribution in [0.4, 0.5) is 5.69 Å². The number of anilines is 1. The molecule has 0 unspecified atom stereocenters. The van der Waals surface area contributed by atoms with E-state index < -0.39 is 0 Å². The summed E-state index contributed by atoms with van der Waals surface area (Å²) in [4.78, 5) is 34.2. The van der Waals surface area contributed by atoms with Gasteiger partial charge in [-0.1, -0.05) is 20.8 Å². The lowest BCUT2D eigenvalue weighted by Gasteiger charge is -2.29. The average molecular weight is 451 g/mol. The Kier molecular flexibility index (Phi) is 6.88. The standard InChI is InChI=1S/C26H34N4O3/c1-5-18-12-17(4)29-26(32)20(18)6-7-27-25(31)22-14-19(30-8-10-33-11-9-30)13-21-23(16(2)3)15-28-24(21)22/h12-16,28H,5-11H2,1-4H3,(H,27,31)(H,29,32). The van der Waals surface area contributed by atoms with Crippen molar-refractivity contribution in [3.05, 3.63) is 62.7 Å². The number of amides is 1. The Bertz CT molecular complexity index is 1200. The van der Waals surface area contributed by atoms with E-state index in [1.807, 2.05) is 32.2 Å². The fourth-order valence-electron chi connectivity index (χ4n) is 4.67. The summed E-state index contributed by atoms with van der Waals surface area (Å²) in [7, 11) is 0. The van der Waals surface area contributed by atoms with Crippen molar-refractivity contribution in [1.82, 2.24) is 15.3 Å². The Morgan fingerprint density at radius 2 is 1.97 bits per heavy atom. The van der Waals surface area contributed by atoms with E-state index in [9.17, 15) is 9.59 Å². The zero-order chi connectivity index (χ0) is 23.5. The van der Waals surface area contributed by atoms with Crippen LogP contribution < -0.4 is 15.8 Å². The number of rotatable bonds is 7. The van der Waals surface area contributed by atoms with Crippen molar-refractivity contribution in [3.63, 3.8) is 0 Å². The third-order valence-corrected chi connectivity index (χ3v) is 6.45. The minimum absolute atomic E-state index is 0.0660. The van der Waals surface area contributed by atoms with E-state index in [4.69, 9.17) is 4.74 Å². The molecule has 0 bridgehead atoms. The largest absolute Gasteiger partial charge is 0.378 e. The number of fused-ring (bicyclic) bond motifs is 1. The zero-order valence-electron chi connectivity index (χ0n) is 20.0. The number of aromatic nitrogens is 2. The fraction of sp³-hybridized carbons (Fsp3) is 0.462. The molecule has 7 nitrogen and oxygen atoms in total. The van der Waals surface area contributed by atoms with E-state index in [-0.39, 0.29) is 11.5 Å². The highest BCUT2D eigenvalue weighted by atomic mass is 16.5. The maximum absolute atomic E-state index is 13.3. The van der Waals surface area contributed by atoms with E-state index in [0.717, 1.165) is 52.9 Å². The van der Waals surface area contributed by atoms with Gasteiger partial charge in [0.05, 0.1) is 24.3 Å². The highest BCUT2D eigenvalue weighted by molar-refractivity contribution is 6.08. The number of nitrogens with one attached hydrogen (secondary N) is 3. The first-order valence-electron chi connectivity index (χ1n) is 11.9. The number of benzene rings is 1. The van der Waals surface area contributed by atoms with E-state index >= 15 is 0 Å².